The molecule has 84 valence electrons. The molecule has 1 aromatic rings. The van der Waals surface area contributed by atoms with Crippen LogP contribution in [-0.4, -0.2) is 24.2 Å². The third-order valence-corrected chi connectivity index (χ3v) is 2.97. The summed E-state index contributed by atoms with van der Waals surface area (Å²) in [5, 5.41) is 11.9. The van der Waals surface area contributed by atoms with Crippen LogP contribution in [0.5, 0.6) is 0 Å². The number of hydrogen-bond acceptors (Lipinski definition) is 4. The van der Waals surface area contributed by atoms with Crippen LogP contribution in [-0.2, 0) is 4.74 Å². The predicted octanol–water partition coefficient (Wildman–Crippen LogP) is 1.79. The van der Waals surface area contributed by atoms with Gasteiger partial charge in [0.05, 0.1) is 11.7 Å². The second kappa shape index (κ2) is 4.95. The summed E-state index contributed by atoms with van der Waals surface area (Å²) in [6, 6.07) is 5.65. The van der Waals surface area contributed by atoms with Crippen molar-refractivity contribution < 1.29 is 4.74 Å². The van der Waals surface area contributed by atoms with Crippen molar-refractivity contribution in [1.29, 1.82) is 5.26 Å². The summed E-state index contributed by atoms with van der Waals surface area (Å²) in [7, 11) is 0. The molecule has 0 saturated carbocycles. The highest BCUT2D eigenvalue weighted by molar-refractivity contribution is 5.38. The van der Waals surface area contributed by atoms with E-state index in [2.05, 4.69) is 17.2 Å². The van der Waals surface area contributed by atoms with Gasteiger partial charge in [0.1, 0.15) is 11.9 Å². The van der Waals surface area contributed by atoms with E-state index in [0.717, 1.165) is 25.4 Å². The Morgan fingerprint density at radius 2 is 2.50 bits per heavy atom. The standard InChI is InChI=1S/C12H15N3O/c1-9-11(4-5-16-9)8-15-12-3-2-10(6-13)7-14-12/h2-3,7,9,11H,4-5,8H2,1H3,(H,14,15). The summed E-state index contributed by atoms with van der Waals surface area (Å²) in [4.78, 5) is 4.16. The van der Waals surface area contributed by atoms with Gasteiger partial charge in [-0.1, -0.05) is 0 Å². The number of nitriles is 1. The molecule has 0 amide bonds. The van der Waals surface area contributed by atoms with E-state index < -0.39 is 0 Å². The van der Waals surface area contributed by atoms with Crippen LogP contribution in [0.1, 0.15) is 18.9 Å². The molecule has 0 aromatic carbocycles. The minimum absolute atomic E-state index is 0.325. The van der Waals surface area contributed by atoms with Gasteiger partial charge in [-0.05, 0) is 25.5 Å². The van der Waals surface area contributed by atoms with E-state index in [-0.39, 0.29) is 0 Å². The molecule has 2 unspecified atom stereocenters. The maximum absolute atomic E-state index is 8.64. The van der Waals surface area contributed by atoms with Crippen molar-refractivity contribution in [3.63, 3.8) is 0 Å². The average molecular weight is 217 g/mol. The number of pyridine rings is 1. The molecule has 0 bridgehead atoms. The molecule has 1 aliphatic heterocycles. The maximum atomic E-state index is 8.64. The zero-order chi connectivity index (χ0) is 11.4. The van der Waals surface area contributed by atoms with Crippen LogP contribution in [0.4, 0.5) is 5.82 Å². The molecule has 0 aliphatic carbocycles. The molecule has 2 rings (SSSR count). The largest absolute Gasteiger partial charge is 0.378 e. The first-order valence-electron chi connectivity index (χ1n) is 5.51. The van der Waals surface area contributed by atoms with E-state index >= 15 is 0 Å². The van der Waals surface area contributed by atoms with E-state index in [4.69, 9.17) is 10.00 Å². The zero-order valence-corrected chi connectivity index (χ0v) is 9.31. The third kappa shape index (κ3) is 2.50. The Hall–Kier alpha value is -1.60. The minimum Gasteiger partial charge on any atom is -0.378 e. The minimum atomic E-state index is 0.325. The number of rotatable bonds is 3. The van der Waals surface area contributed by atoms with Crippen molar-refractivity contribution >= 4 is 5.82 Å². The van der Waals surface area contributed by atoms with E-state index in [1.165, 1.54) is 0 Å². The average Bonchev–Trinajstić information content (AvgIpc) is 2.73. The van der Waals surface area contributed by atoms with Crippen LogP contribution in [0, 0.1) is 17.2 Å². The van der Waals surface area contributed by atoms with Gasteiger partial charge < -0.3 is 10.1 Å². The molecule has 1 N–H and O–H groups in total. The van der Waals surface area contributed by atoms with Crippen LogP contribution in [0.3, 0.4) is 0 Å². The molecular weight excluding hydrogens is 202 g/mol. The highest BCUT2D eigenvalue weighted by Crippen LogP contribution is 2.20. The second-order valence-electron chi connectivity index (χ2n) is 4.05. The molecule has 16 heavy (non-hydrogen) atoms. The SMILES string of the molecule is CC1OCCC1CNc1ccc(C#N)cn1. The maximum Gasteiger partial charge on any atom is 0.125 e. The van der Waals surface area contributed by atoms with Gasteiger partial charge in [-0.15, -0.1) is 0 Å². The summed E-state index contributed by atoms with van der Waals surface area (Å²) >= 11 is 0. The van der Waals surface area contributed by atoms with Crippen LogP contribution < -0.4 is 5.32 Å². The second-order valence-corrected chi connectivity index (χ2v) is 4.05. The smallest absolute Gasteiger partial charge is 0.125 e. The number of nitrogens with zero attached hydrogens (tertiary/aromatic N) is 2. The zero-order valence-electron chi connectivity index (χ0n) is 9.31. The fourth-order valence-electron chi connectivity index (χ4n) is 1.84. The van der Waals surface area contributed by atoms with Crippen molar-refractivity contribution in [2.45, 2.75) is 19.4 Å². The van der Waals surface area contributed by atoms with Gasteiger partial charge in [0, 0.05) is 25.3 Å². The first-order valence-corrected chi connectivity index (χ1v) is 5.51. The van der Waals surface area contributed by atoms with Gasteiger partial charge in [0.25, 0.3) is 0 Å². The number of anilines is 1. The summed E-state index contributed by atoms with van der Waals surface area (Å²) in [6.07, 6.45) is 3.01. The summed E-state index contributed by atoms with van der Waals surface area (Å²) < 4.78 is 5.49. The number of nitrogens with one attached hydrogen (secondary N) is 1. The van der Waals surface area contributed by atoms with E-state index in [0.29, 0.717) is 17.6 Å². The number of hydrogen-bond donors (Lipinski definition) is 1. The third-order valence-electron chi connectivity index (χ3n) is 2.97. The Morgan fingerprint density at radius 1 is 1.62 bits per heavy atom. The van der Waals surface area contributed by atoms with Crippen LogP contribution in [0.15, 0.2) is 18.3 Å². The molecule has 4 heteroatoms. The lowest BCUT2D eigenvalue weighted by Gasteiger charge is -2.14. The molecule has 4 nitrogen and oxygen atoms in total. The lowest BCUT2D eigenvalue weighted by molar-refractivity contribution is 0.108. The van der Waals surface area contributed by atoms with Gasteiger partial charge in [-0.25, -0.2) is 4.98 Å². The first-order chi connectivity index (χ1) is 7.79. The molecule has 1 aliphatic rings. The normalized spacial score (nSPS) is 24.0. The number of ether oxygens (including phenoxy) is 1. The molecule has 1 fully saturated rings. The van der Waals surface area contributed by atoms with Crippen molar-refractivity contribution in [1.82, 2.24) is 4.98 Å². The fourth-order valence-corrected chi connectivity index (χ4v) is 1.84. The molecule has 2 atom stereocenters. The van der Waals surface area contributed by atoms with E-state index in [1.807, 2.05) is 12.1 Å². The topological polar surface area (TPSA) is 57.9 Å². The molecule has 1 aromatic heterocycles. The Bertz CT molecular complexity index is 382. The predicted molar refractivity (Wildman–Crippen MR) is 61.0 cm³/mol. The molecule has 0 radical (unpaired) electrons. The van der Waals surface area contributed by atoms with Crippen molar-refractivity contribution in [3.05, 3.63) is 23.9 Å². The quantitative estimate of drug-likeness (QED) is 0.838. The Labute approximate surface area is 95.3 Å². The van der Waals surface area contributed by atoms with Gasteiger partial charge in [-0.3, -0.25) is 0 Å². The molecule has 1 saturated heterocycles. The lowest BCUT2D eigenvalue weighted by Crippen LogP contribution is -2.21. The fraction of sp³-hybridized carbons (Fsp3) is 0.500. The van der Waals surface area contributed by atoms with Gasteiger partial charge in [0.2, 0.25) is 0 Å². The summed E-state index contributed by atoms with van der Waals surface area (Å²) in [5.74, 6) is 1.37. The molecule has 0 spiro atoms. The molecular formula is C12H15N3O. The van der Waals surface area contributed by atoms with E-state index in [9.17, 15) is 0 Å². The summed E-state index contributed by atoms with van der Waals surface area (Å²) in [5.41, 5.74) is 0.586. The van der Waals surface area contributed by atoms with Gasteiger partial charge in [-0.2, -0.15) is 5.26 Å². The first kappa shape index (κ1) is 10.9. The number of aromatic nitrogens is 1. The summed E-state index contributed by atoms with van der Waals surface area (Å²) in [6.45, 7) is 3.83. The molecule has 2 heterocycles. The van der Waals surface area contributed by atoms with Crippen molar-refractivity contribution in [3.8, 4) is 6.07 Å². The van der Waals surface area contributed by atoms with E-state index in [1.54, 1.807) is 12.3 Å². The van der Waals surface area contributed by atoms with Gasteiger partial charge in [0.15, 0.2) is 0 Å². The Kier molecular flexibility index (Phi) is 3.37. The van der Waals surface area contributed by atoms with Crippen LogP contribution in [0.25, 0.3) is 0 Å². The monoisotopic (exact) mass is 217 g/mol. The van der Waals surface area contributed by atoms with Crippen molar-refractivity contribution in [2.75, 3.05) is 18.5 Å². The Balaban J connectivity index is 1.87. The van der Waals surface area contributed by atoms with Crippen LogP contribution >= 0.6 is 0 Å². The Morgan fingerprint density at radius 3 is 3.06 bits per heavy atom. The van der Waals surface area contributed by atoms with Crippen LogP contribution in [0.2, 0.25) is 0 Å². The van der Waals surface area contributed by atoms with Gasteiger partial charge >= 0.3 is 0 Å². The van der Waals surface area contributed by atoms with Crippen molar-refractivity contribution in [2.24, 2.45) is 5.92 Å². The lowest BCUT2D eigenvalue weighted by atomic mass is 10.0. The highest BCUT2D eigenvalue weighted by atomic mass is 16.5. The highest BCUT2D eigenvalue weighted by Gasteiger charge is 2.23.